The van der Waals surface area contributed by atoms with Gasteiger partial charge in [-0.15, -0.1) is 0 Å². The van der Waals surface area contributed by atoms with Gasteiger partial charge in [-0.25, -0.2) is 0 Å². The van der Waals surface area contributed by atoms with E-state index >= 15 is 0 Å². The molecular weight excluding hydrogens is 256 g/mol. The van der Waals surface area contributed by atoms with Crippen molar-refractivity contribution >= 4 is 16.7 Å². The van der Waals surface area contributed by atoms with Crippen molar-refractivity contribution in [1.82, 2.24) is 9.88 Å². The number of aromatic nitrogens is 1. The van der Waals surface area contributed by atoms with Crippen LogP contribution in [0.25, 0.3) is 10.8 Å². The quantitative estimate of drug-likeness (QED) is 0.888. The number of hydrogen-bond acceptors (Lipinski definition) is 4. The van der Waals surface area contributed by atoms with Crippen LogP contribution in [0.2, 0.25) is 0 Å². The summed E-state index contributed by atoms with van der Waals surface area (Å²) in [6.45, 7) is 1.30. The Hall–Kier alpha value is -1.98. The number of carbonyl (C=O) groups is 1. The molecule has 104 valence electrons. The van der Waals surface area contributed by atoms with Crippen LogP contribution in [-0.2, 0) is 4.74 Å². The Labute approximate surface area is 116 Å². The molecule has 2 aromatic rings. The fourth-order valence-electron chi connectivity index (χ4n) is 2.45. The van der Waals surface area contributed by atoms with E-state index in [4.69, 9.17) is 9.84 Å². The second kappa shape index (κ2) is 5.56. The van der Waals surface area contributed by atoms with E-state index in [0.29, 0.717) is 25.4 Å². The lowest BCUT2D eigenvalue weighted by Crippen LogP contribution is -2.47. The summed E-state index contributed by atoms with van der Waals surface area (Å²) in [4.78, 5) is 18.5. The summed E-state index contributed by atoms with van der Waals surface area (Å²) in [6, 6.07) is 9.59. The summed E-state index contributed by atoms with van der Waals surface area (Å²) in [5.41, 5.74) is 0.460. The molecule has 0 bridgehead atoms. The molecule has 2 heterocycles. The van der Waals surface area contributed by atoms with Gasteiger partial charge in [-0.05, 0) is 11.5 Å². The Morgan fingerprint density at radius 3 is 3.10 bits per heavy atom. The Morgan fingerprint density at radius 2 is 2.25 bits per heavy atom. The second-order valence-electron chi connectivity index (χ2n) is 4.81. The zero-order chi connectivity index (χ0) is 13.9. The molecule has 1 aliphatic heterocycles. The van der Waals surface area contributed by atoms with Gasteiger partial charge < -0.3 is 14.7 Å². The van der Waals surface area contributed by atoms with E-state index in [1.165, 1.54) is 0 Å². The standard InChI is InChI=1S/C15H16N2O3/c18-10-12-9-17(7-8-20-12)15(19)14-13-4-2-1-3-11(13)5-6-16-14/h1-6,12,18H,7-10H2. The van der Waals surface area contributed by atoms with Gasteiger partial charge in [0.05, 0.1) is 19.3 Å². The molecule has 5 nitrogen and oxygen atoms in total. The summed E-state index contributed by atoms with van der Waals surface area (Å²) in [5, 5.41) is 11.0. The third-order valence-corrected chi connectivity index (χ3v) is 3.51. The van der Waals surface area contributed by atoms with E-state index in [1.807, 2.05) is 30.3 Å². The highest BCUT2D eigenvalue weighted by molar-refractivity contribution is 6.05. The minimum atomic E-state index is -0.303. The van der Waals surface area contributed by atoms with E-state index in [1.54, 1.807) is 11.1 Å². The van der Waals surface area contributed by atoms with Crippen molar-refractivity contribution in [3.05, 3.63) is 42.2 Å². The average molecular weight is 272 g/mol. The van der Waals surface area contributed by atoms with Crippen molar-refractivity contribution in [2.45, 2.75) is 6.10 Å². The number of amides is 1. The first-order chi connectivity index (χ1) is 9.79. The summed E-state index contributed by atoms with van der Waals surface area (Å²) >= 11 is 0. The highest BCUT2D eigenvalue weighted by Gasteiger charge is 2.26. The van der Waals surface area contributed by atoms with Gasteiger partial charge in [-0.1, -0.05) is 24.3 Å². The van der Waals surface area contributed by atoms with Crippen molar-refractivity contribution in [3.63, 3.8) is 0 Å². The minimum Gasteiger partial charge on any atom is -0.394 e. The number of hydrogen-bond donors (Lipinski definition) is 1. The highest BCUT2D eigenvalue weighted by atomic mass is 16.5. The number of aliphatic hydroxyl groups is 1. The van der Waals surface area contributed by atoms with Crippen LogP contribution < -0.4 is 0 Å². The summed E-state index contributed by atoms with van der Waals surface area (Å²) in [5.74, 6) is -0.108. The Bertz CT molecular complexity index is 624. The topological polar surface area (TPSA) is 62.7 Å². The number of morpholine rings is 1. The fraction of sp³-hybridized carbons (Fsp3) is 0.333. The van der Waals surface area contributed by atoms with Gasteiger partial charge in [0.2, 0.25) is 0 Å². The average Bonchev–Trinajstić information content (AvgIpc) is 2.53. The number of carbonyl (C=O) groups excluding carboxylic acids is 1. The maximum absolute atomic E-state index is 12.6. The first-order valence-electron chi connectivity index (χ1n) is 6.65. The first kappa shape index (κ1) is 13.0. The molecule has 1 saturated heterocycles. The summed E-state index contributed by atoms with van der Waals surface area (Å²) < 4.78 is 5.37. The lowest BCUT2D eigenvalue weighted by Gasteiger charge is -2.32. The Morgan fingerprint density at radius 1 is 1.40 bits per heavy atom. The Kier molecular flexibility index (Phi) is 3.62. The van der Waals surface area contributed by atoms with Gasteiger partial charge in [-0.2, -0.15) is 0 Å². The molecule has 1 unspecified atom stereocenters. The molecule has 1 aromatic carbocycles. The van der Waals surface area contributed by atoms with Gasteiger partial charge in [0.15, 0.2) is 0 Å². The number of aliphatic hydroxyl groups excluding tert-OH is 1. The third-order valence-electron chi connectivity index (χ3n) is 3.51. The minimum absolute atomic E-state index is 0.0766. The van der Waals surface area contributed by atoms with Crippen molar-refractivity contribution in [3.8, 4) is 0 Å². The monoisotopic (exact) mass is 272 g/mol. The van der Waals surface area contributed by atoms with Gasteiger partial charge in [0.25, 0.3) is 5.91 Å². The van der Waals surface area contributed by atoms with Crippen LogP contribution in [0.5, 0.6) is 0 Å². The number of benzene rings is 1. The maximum atomic E-state index is 12.6. The molecule has 3 rings (SSSR count). The van der Waals surface area contributed by atoms with Crippen LogP contribution in [-0.4, -0.2) is 53.3 Å². The summed E-state index contributed by atoms with van der Waals surface area (Å²) in [7, 11) is 0. The zero-order valence-corrected chi connectivity index (χ0v) is 11.0. The maximum Gasteiger partial charge on any atom is 0.273 e. The first-order valence-corrected chi connectivity index (χ1v) is 6.65. The molecule has 1 aliphatic rings. The normalized spacial score (nSPS) is 19.2. The fourth-order valence-corrected chi connectivity index (χ4v) is 2.45. The van der Waals surface area contributed by atoms with E-state index < -0.39 is 0 Å². The van der Waals surface area contributed by atoms with E-state index in [0.717, 1.165) is 10.8 Å². The predicted molar refractivity (Wildman–Crippen MR) is 74.5 cm³/mol. The smallest absolute Gasteiger partial charge is 0.273 e. The van der Waals surface area contributed by atoms with E-state index in [-0.39, 0.29) is 18.6 Å². The molecule has 20 heavy (non-hydrogen) atoms. The highest BCUT2D eigenvalue weighted by Crippen LogP contribution is 2.19. The second-order valence-corrected chi connectivity index (χ2v) is 4.81. The largest absolute Gasteiger partial charge is 0.394 e. The van der Waals surface area contributed by atoms with Gasteiger partial charge in [-0.3, -0.25) is 9.78 Å². The predicted octanol–water partition coefficient (Wildman–Crippen LogP) is 1.07. The van der Waals surface area contributed by atoms with E-state index in [2.05, 4.69) is 4.98 Å². The van der Waals surface area contributed by atoms with Gasteiger partial charge in [0.1, 0.15) is 5.69 Å². The number of rotatable bonds is 2. The molecule has 0 radical (unpaired) electrons. The summed E-state index contributed by atoms with van der Waals surface area (Å²) in [6.07, 6.45) is 1.35. The number of fused-ring (bicyclic) bond motifs is 1. The van der Waals surface area contributed by atoms with Crippen molar-refractivity contribution in [2.24, 2.45) is 0 Å². The van der Waals surface area contributed by atoms with Crippen LogP contribution in [0, 0.1) is 0 Å². The SMILES string of the molecule is O=C(c1nccc2ccccc12)N1CCOC(CO)C1. The van der Waals surface area contributed by atoms with Crippen LogP contribution in [0.3, 0.4) is 0 Å². The molecule has 5 heteroatoms. The Balaban J connectivity index is 1.92. The molecule has 1 N–H and O–H groups in total. The zero-order valence-electron chi connectivity index (χ0n) is 11.0. The van der Waals surface area contributed by atoms with Gasteiger partial charge >= 0.3 is 0 Å². The van der Waals surface area contributed by atoms with Gasteiger partial charge in [0, 0.05) is 24.7 Å². The number of pyridine rings is 1. The van der Waals surface area contributed by atoms with Crippen molar-refractivity contribution < 1.29 is 14.6 Å². The molecule has 1 aromatic heterocycles. The van der Waals surface area contributed by atoms with Crippen LogP contribution in [0.15, 0.2) is 36.5 Å². The van der Waals surface area contributed by atoms with Crippen LogP contribution in [0.4, 0.5) is 0 Å². The van der Waals surface area contributed by atoms with Crippen LogP contribution in [0.1, 0.15) is 10.5 Å². The molecule has 0 aliphatic carbocycles. The number of ether oxygens (including phenoxy) is 1. The lowest BCUT2D eigenvalue weighted by atomic mass is 10.1. The van der Waals surface area contributed by atoms with Crippen molar-refractivity contribution in [1.29, 1.82) is 0 Å². The molecular formula is C15H16N2O3. The van der Waals surface area contributed by atoms with Crippen LogP contribution >= 0.6 is 0 Å². The molecule has 0 saturated carbocycles. The van der Waals surface area contributed by atoms with Crippen molar-refractivity contribution in [2.75, 3.05) is 26.3 Å². The number of nitrogens with zero attached hydrogens (tertiary/aromatic N) is 2. The molecule has 1 fully saturated rings. The van der Waals surface area contributed by atoms with E-state index in [9.17, 15) is 4.79 Å². The molecule has 0 spiro atoms. The lowest BCUT2D eigenvalue weighted by molar-refractivity contribution is -0.0448. The molecule has 1 atom stereocenters. The third kappa shape index (κ3) is 2.37. The molecule has 1 amide bonds.